The predicted octanol–water partition coefficient (Wildman–Crippen LogP) is 1.61. The van der Waals surface area contributed by atoms with Gasteiger partial charge in [-0.05, 0) is 18.1 Å². The second-order valence-corrected chi connectivity index (χ2v) is 6.47. The van der Waals surface area contributed by atoms with Crippen molar-refractivity contribution in [2.24, 2.45) is 5.92 Å². The van der Waals surface area contributed by atoms with E-state index in [1.807, 2.05) is 17.0 Å². The molecule has 0 bridgehead atoms. The Balaban J connectivity index is 1.79. The molecule has 0 aromatic heterocycles. The number of rotatable bonds is 4. The lowest BCUT2D eigenvalue weighted by atomic mass is 10.1. The molecule has 1 aliphatic heterocycles. The minimum absolute atomic E-state index is 0.311. The van der Waals surface area contributed by atoms with E-state index in [1.165, 1.54) is 5.56 Å². The molecule has 1 aromatic rings. The molecule has 1 heterocycles. The minimum Gasteiger partial charge on any atom is -0.331 e. The first-order valence-corrected chi connectivity index (χ1v) is 7.78. The van der Waals surface area contributed by atoms with E-state index in [1.54, 1.807) is 4.90 Å². The fourth-order valence-electron chi connectivity index (χ4n) is 2.62. The van der Waals surface area contributed by atoms with Crippen molar-refractivity contribution in [3.8, 4) is 0 Å². The molecule has 1 fully saturated rings. The summed E-state index contributed by atoms with van der Waals surface area (Å²) < 4.78 is 0. The number of piperazine rings is 1. The molecule has 0 radical (unpaired) electrons. The SMILES string of the molecule is CC(C)CC(=O)N1CC[NH+](Cc2ccc(Cl)cc2)CC1. The van der Waals surface area contributed by atoms with Crippen molar-refractivity contribution >= 4 is 17.5 Å². The third-order valence-corrected chi connectivity index (χ3v) is 4.03. The summed E-state index contributed by atoms with van der Waals surface area (Å²) >= 11 is 5.90. The van der Waals surface area contributed by atoms with E-state index in [0.717, 1.165) is 37.7 Å². The zero-order valence-electron chi connectivity index (χ0n) is 12.4. The second-order valence-electron chi connectivity index (χ2n) is 6.03. The average molecular weight is 296 g/mol. The predicted molar refractivity (Wildman–Crippen MR) is 81.9 cm³/mol. The number of hydrogen-bond acceptors (Lipinski definition) is 1. The Hall–Kier alpha value is -1.06. The smallest absolute Gasteiger partial charge is 0.223 e. The number of hydrogen-bond donors (Lipinski definition) is 1. The molecule has 4 heteroatoms. The molecular formula is C16H24ClN2O+. The van der Waals surface area contributed by atoms with Crippen LogP contribution in [0.1, 0.15) is 25.8 Å². The van der Waals surface area contributed by atoms with E-state index in [-0.39, 0.29) is 0 Å². The summed E-state index contributed by atoms with van der Waals surface area (Å²) in [7, 11) is 0. The largest absolute Gasteiger partial charge is 0.331 e. The van der Waals surface area contributed by atoms with E-state index in [2.05, 4.69) is 26.0 Å². The van der Waals surface area contributed by atoms with Gasteiger partial charge in [0.05, 0.1) is 26.2 Å². The van der Waals surface area contributed by atoms with E-state index in [0.29, 0.717) is 18.2 Å². The van der Waals surface area contributed by atoms with Gasteiger partial charge in [0.25, 0.3) is 0 Å². The van der Waals surface area contributed by atoms with Gasteiger partial charge in [0.2, 0.25) is 5.91 Å². The van der Waals surface area contributed by atoms with E-state index in [4.69, 9.17) is 11.6 Å². The molecule has 0 atom stereocenters. The van der Waals surface area contributed by atoms with Gasteiger partial charge < -0.3 is 9.80 Å². The highest BCUT2D eigenvalue weighted by Gasteiger charge is 2.23. The van der Waals surface area contributed by atoms with Gasteiger partial charge in [-0.1, -0.05) is 37.6 Å². The summed E-state index contributed by atoms with van der Waals surface area (Å²) in [4.78, 5) is 15.6. The van der Waals surface area contributed by atoms with Crippen LogP contribution in [0.2, 0.25) is 5.02 Å². The van der Waals surface area contributed by atoms with Crippen LogP contribution in [0.15, 0.2) is 24.3 Å². The Morgan fingerprint density at radius 1 is 1.25 bits per heavy atom. The highest BCUT2D eigenvalue weighted by molar-refractivity contribution is 6.30. The molecule has 110 valence electrons. The van der Waals surface area contributed by atoms with Crippen molar-refractivity contribution in [3.05, 3.63) is 34.9 Å². The average Bonchev–Trinajstić information content (AvgIpc) is 2.41. The van der Waals surface area contributed by atoms with Gasteiger partial charge in [-0.25, -0.2) is 0 Å². The summed E-state index contributed by atoms with van der Waals surface area (Å²) in [5.41, 5.74) is 1.31. The maximum Gasteiger partial charge on any atom is 0.223 e. The Morgan fingerprint density at radius 2 is 1.85 bits per heavy atom. The third-order valence-electron chi connectivity index (χ3n) is 3.77. The normalized spacial score (nSPS) is 16.7. The number of carbonyl (C=O) groups excluding carboxylic acids is 1. The number of nitrogens with zero attached hydrogens (tertiary/aromatic N) is 1. The van der Waals surface area contributed by atoms with Crippen LogP contribution in [0, 0.1) is 5.92 Å². The molecule has 1 aromatic carbocycles. The molecule has 1 amide bonds. The quantitative estimate of drug-likeness (QED) is 0.897. The Labute approximate surface area is 126 Å². The van der Waals surface area contributed by atoms with Crippen LogP contribution >= 0.6 is 11.6 Å². The van der Waals surface area contributed by atoms with Gasteiger partial charge in [-0.15, -0.1) is 0 Å². The molecular weight excluding hydrogens is 272 g/mol. The van der Waals surface area contributed by atoms with Crippen molar-refractivity contribution in [2.75, 3.05) is 26.2 Å². The molecule has 0 aliphatic carbocycles. The first-order chi connectivity index (χ1) is 9.54. The van der Waals surface area contributed by atoms with Crippen molar-refractivity contribution in [1.82, 2.24) is 4.90 Å². The van der Waals surface area contributed by atoms with Crippen molar-refractivity contribution in [2.45, 2.75) is 26.8 Å². The number of benzene rings is 1. The lowest BCUT2D eigenvalue weighted by Gasteiger charge is -2.32. The molecule has 1 saturated heterocycles. The number of nitrogens with one attached hydrogen (secondary N) is 1. The van der Waals surface area contributed by atoms with Crippen LogP contribution < -0.4 is 4.90 Å². The molecule has 1 aliphatic rings. The van der Waals surface area contributed by atoms with Gasteiger partial charge in [-0.3, -0.25) is 4.79 Å². The van der Waals surface area contributed by atoms with Gasteiger partial charge in [-0.2, -0.15) is 0 Å². The van der Waals surface area contributed by atoms with Crippen molar-refractivity contribution in [1.29, 1.82) is 0 Å². The highest BCUT2D eigenvalue weighted by atomic mass is 35.5. The topological polar surface area (TPSA) is 24.8 Å². The maximum absolute atomic E-state index is 12.0. The number of halogens is 1. The first-order valence-electron chi connectivity index (χ1n) is 7.40. The fraction of sp³-hybridized carbons (Fsp3) is 0.562. The van der Waals surface area contributed by atoms with E-state index < -0.39 is 0 Å². The van der Waals surface area contributed by atoms with Gasteiger partial charge in [0.1, 0.15) is 6.54 Å². The number of quaternary nitrogens is 1. The van der Waals surface area contributed by atoms with E-state index in [9.17, 15) is 4.79 Å². The molecule has 3 nitrogen and oxygen atoms in total. The monoisotopic (exact) mass is 295 g/mol. The fourth-order valence-corrected chi connectivity index (χ4v) is 2.74. The molecule has 1 N–H and O–H groups in total. The van der Waals surface area contributed by atoms with Crippen LogP contribution in [0.4, 0.5) is 0 Å². The van der Waals surface area contributed by atoms with Gasteiger partial charge in [0, 0.05) is 17.0 Å². The second kappa shape index (κ2) is 7.09. The summed E-state index contributed by atoms with van der Waals surface area (Å²) in [5.74, 6) is 0.757. The first kappa shape index (κ1) is 15.3. The molecule has 2 rings (SSSR count). The standard InChI is InChI=1S/C16H23ClN2O/c1-13(2)11-16(20)19-9-7-18(8-10-19)12-14-3-5-15(17)6-4-14/h3-6,13H,7-12H2,1-2H3/p+1. The molecule has 20 heavy (non-hydrogen) atoms. The Bertz CT molecular complexity index is 436. The van der Waals surface area contributed by atoms with E-state index >= 15 is 0 Å². The minimum atomic E-state index is 0.311. The molecule has 0 spiro atoms. The van der Waals surface area contributed by atoms with Crippen LogP contribution in [-0.2, 0) is 11.3 Å². The molecule has 0 unspecified atom stereocenters. The maximum atomic E-state index is 12.0. The Morgan fingerprint density at radius 3 is 2.40 bits per heavy atom. The number of carbonyl (C=O) groups is 1. The Kier molecular flexibility index (Phi) is 5.44. The third kappa shape index (κ3) is 4.50. The van der Waals surface area contributed by atoms with Crippen molar-refractivity contribution in [3.63, 3.8) is 0 Å². The van der Waals surface area contributed by atoms with Crippen LogP contribution in [0.3, 0.4) is 0 Å². The summed E-state index contributed by atoms with van der Waals surface area (Å²) in [6.07, 6.45) is 0.673. The zero-order chi connectivity index (χ0) is 14.5. The zero-order valence-corrected chi connectivity index (χ0v) is 13.1. The molecule has 0 saturated carbocycles. The summed E-state index contributed by atoms with van der Waals surface area (Å²) in [5, 5.41) is 0.785. The van der Waals surface area contributed by atoms with Crippen molar-refractivity contribution < 1.29 is 9.69 Å². The number of amides is 1. The lowest BCUT2D eigenvalue weighted by Crippen LogP contribution is -3.13. The van der Waals surface area contributed by atoms with Crippen LogP contribution in [0.5, 0.6) is 0 Å². The lowest BCUT2D eigenvalue weighted by molar-refractivity contribution is -0.917. The van der Waals surface area contributed by atoms with Gasteiger partial charge >= 0.3 is 0 Å². The van der Waals surface area contributed by atoms with Gasteiger partial charge in [0.15, 0.2) is 0 Å². The van der Waals surface area contributed by atoms with Crippen LogP contribution in [-0.4, -0.2) is 37.0 Å². The summed E-state index contributed by atoms with van der Waals surface area (Å²) in [6, 6.07) is 8.06. The highest BCUT2D eigenvalue weighted by Crippen LogP contribution is 2.09. The van der Waals surface area contributed by atoms with Crippen LogP contribution in [0.25, 0.3) is 0 Å². The summed E-state index contributed by atoms with van der Waals surface area (Å²) in [6.45, 7) is 9.05.